The minimum atomic E-state index is -0.418. The molecule has 1 aliphatic rings. The maximum atomic E-state index is 12.4. The molecule has 2 heterocycles. The van der Waals surface area contributed by atoms with Crippen LogP contribution in [0.4, 0.5) is 5.69 Å². The summed E-state index contributed by atoms with van der Waals surface area (Å²) in [4.78, 5) is 31.1. The third-order valence-electron chi connectivity index (χ3n) is 3.75. The smallest absolute Gasteiger partial charge is 0.274 e. The standard InChI is InChI=1S/C16H14N6O2/c23-14-9-13(19-15(20-14)10-4-5-10)16(24)18-11-2-1-3-12(8-11)22-7-6-17-21-22/h1-3,6-10H,4-5H2,(H,18,24)(H,19,20,23). The Morgan fingerprint density at radius 2 is 2.17 bits per heavy atom. The van der Waals surface area contributed by atoms with E-state index in [0.29, 0.717) is 11.5 Å². The Morgan fingerprint density at radius 3 is 2.92 bits per heavy atom. The third-order valence-corrected chi connectivity index (χ3v) is 3.75. The van der Waals surface area contributed by atoms with Crippen molar-refractivity contribution in [2.75, 3.05) is 5.32 Å². The van der Waals surface area contributed by atoms with Gasteiger partial charge in [0.2, 0.25) is 0 Å². The predicted octanol–water partition coefficient (Wildman–Crippen LogP) is 1.48. The third kappa shape index (κ3) is 2.94. The number of hydrogen-bond acceptors (Lipinski definition) is 5. The molecule has 1 fully saturated rings. The summed E-state index contributed by atoms with van der Waals surface area (Å²) in [7, 11) is 0. The number of H-pyrrole nitrogens is 1. The summed E-state index contributed by atoms with van der Waals surface area (Å²) in [5, 5.41) is 10.4. The molecule has 1 amide bonds. The van der Waals surface area contributed by atoms with Crippen LogP contribution >= 0.6 is 0 Å². The average molecular weight is 322 g/mol. The van der Waals surface area contributed by atoms with Gasteiger partial charge >= 0.3 is 0 Å². The first kappa shape index (κ1) is 14.3. The van der Waals surface area contributed by atoms with Crippen LogP contribution in [0, 0.1) is 0 Å². The molecule has 0 radical (unpaired) electrons. The van der Waals surface area contributed by atoms with E-state index in [-0.39, 0.29) is 17.2 Å². The Labute approximate surface area is 136 Å². The van der Waals surface area contributed by atoms with Crippen molar-refractivity contribution in [3.8, 4) is 5.69 Å². The van der Waals surface area contributed by atoms with Crippen molar-refractivity contribution in [3.05, 3.63) is 64.6 Å². The molecule has 0 saturated heterocycles. The molecule has 1 aliphatic carbocycles. The number of rotatable bonds is 4. The molecule has 0 unspecified atom stereocenters. The van der Waals surface area contributed by atoms with Gasteiger partial charge in [-0.3, -0.25) is 9.59 Å². The quantitative estimate of drug-likeness (QED) is 0.757. The van der Waals surface area contributed by atoms with Crippen LogP contribution < -0.4 is 10.9 Å². The normalized spacial score (nSPS) is 13.7. The van der Waals surface area contributed by atoms with Crippen molar-refractivity contribution in [2.24, 2.45) is 0 Å². The number of amides is 1. The lowest BCUT2D eigenvalue weighted by atomic mass is 10.2. The second kappa shape index (κ2) is 5.73. The molecule has 2 N–H and O–H groups in total. The van der Waals surface area contributed by atoms with Gasteiger partial charge in [0, 0.05) is 17.7 Å². The van der Waals surface area contributed by atoms with Crippen molar-refractivity contribution in [1.82, 2.24) is 25.0 Å². The number of benzene rings is 1. The first-order chi connectivity index (χ1) is 11.7. The minimum absolute atomic E-state index is 0.117. The number of nitrogens with zero attached hydrogens (tertiary/aromatic N) is 4. The van der Waals surface area contributed by atoms with Gasteiger partial charge in [0.25, 0.3) is 11.5 Å². The zero-order chi connectivity index (χ0) is 16.5. The van der Waals surface area contributed by atoms with Gasteiger partial charge in [-0.25, -0.2) is 9.67 Å². The molecular weight excluding hydrogens is 308 g/mol. The highest BCUT2D eigenvalue weighted by Crippen LogP contribution is 2.37. The molecule has 120 valence electrons. The van der Waals surface area contributed by atoms with Gasteiger partial charge < -0.3 is 10.3 Å². The molecule has 8 nitrogen and oxygen atoms in total. The molecule has 24 heavy (non-hydrogen) atoms. The summed E-state index contributed by atoms with van der Waals surface area (Å²) < 4.78 is 1.59. The van der Waals surface area contributed by atoms with Crippen molar-refractivity contribution in [3.63, 3.8) is 0 Å². The first-order valence-corrected chi connectivity index (χ1v) is 7.58. The van der Waals surface area contributed by atoms with E-state index in [4.69, 9.17) is 0 Å². The molecule has 0 atom stereocenters. The Hall–Kier alpha value is -3.29. The molecule has 0 aliphatic heterocycles. The SMILES string of the molecule is O=C(Nc1cccc(-n2ccnn2)c1)c1cc(=O)[nH]c(C2CC2)n1. The van der Waals surface area contributed by atoms with Crippen LogP contribution in [0.25, 0.3) is 5.69 Å². The number of anilines is 1. The first-order valence-electron chi connectivity index (χ1n) is 7.58. The highest BCUT2D eigenvalue weighted by molar-refractivity contribution is 6.02. The molecule has 2 aromatic heterocycles. The number of carbonyl (C=O) groups is 1. The second-order valence-electron chi connectivity index (χ2n) is 5.64. The van der Waals surface area contributed by atoms with Crippen molar-refractivity contribution in [1.29, 1.82) is 0 Å². The molecule has 8 heteroatoms. The summed E-state index contributed by atoms with van der Waals surface area (Å²) >= 11 is 0. The van der Waals surface area contributed by atoms with E-state index in [0.717, 1.165) is 18.5 Å². The number of aromatic amines is 1. The largest absolute Gasteiger partial charge is 0.321 e. The molecule has 1 aromatic carbocycles. The lowest BCUT2D eigenvalue weighted by molar-refractivity contribution is 0.102. The van der Waals surface area contributed by atoms with E-state index in [1.165, 1.54) is 6.07 Å². The summed E-state index contributed by atoms with van der Waals surface area (Å²) in [6, 6.07) is 8.38. The van der Waals surface area contributed by atoms with Crippen LogP contribution in [-0.2, 0) is 0 Å². The number of nitrogens with one attached hydrogen (secondary N) is 2. The van der Waals surface area contributed by atoms with E-state index in [9.17, 15) is 9.59 Å². The molecule has 0 spiro atoms. The number of hydrogen-bond donors (Lipinski definition) is 2. The maximum absolute atomic E-state index is 12.4. The van der Waals surface area contributed by atoms with Crippen molar-refractivity contribution in [2.45, 2.75) is 18.8 Å². The summed E-state index contributed by atoms with van der Waals surface area (Å²) in [6.45, 7) is 0. The Morgan fingerprint density at radius 1 is 1.29 bits per heavy atom. The van der Waals surface area contributed by atoms with Crippen LogP contribution in [0.5, 0.6) is 0 Å². The number of carbonyl (C=O) groups excluding carboxylic acids is 1. The fourth-order valence-electron chi connectivity index (χ4n) is 2.41. The van der Waals surface area contributed by atoms with Crippen molar-refractivity contribution < 1.29 is 4.79 Å². The van der Waals surface area contributed by atoms with E-state index < -0.39 is 5.91 Å². The van der Waals surface area contributed by atoms with E-state index in [1.54, 1.807) is 35.3 Å². The zero-order valence-corrected chi connectivity index (χ0v) is 12.6. The van der Waals surface area contributed by atoms with E-state index >= 15 is 0 Å². The monoisotopic (exact) mass is 322 g/mol. The Balaban J connectivity index is 1.58. The lowest BCUT2D eigenvalue weighted by Gasteiger charge is -2.07. The van der Waals surface area contributed by atoms with Gasteiger partial charge in [0.05, 0.1) is 18.1 Å². The van der Waals surface area contributed by atoms with E-state index in [1.807, 2.05) is 6.07 Å². The van der Waals surface area contributed by atoms with Crippen LogP contribution in [0.15, 0.2) is 47.5 Å². The minimum Gasteiger partial charge on any atom is -0.321 e. The van der Waals surface area contributed by atoms with Crippen LogP contribution in [0.1, 0.15) is 35.1 Å². The molecule has 4 rings (SSSR count). The fourth-order valence-corrected chi connectivity index (χ4v) is 2.41. The van der Waals surface area contributed by atoms with Crippen molar-refractivity contribution >= 4 is 11.6 Å². The molecular formula is C16H14N6O2. The fraction of sp³-hybridized carbons (Fsp3) is 0.188. The Bertz CT molecular complexity index is 943. The van der Waals surface area contributed by atoms with Gasteiger partial charge in [-0.05, 0) is 31.0 Å². The zero-order valence-electron chi connectivity index (χ0n) is 12.6. The van der Waals surface area contributed by atoms with Gasteiger partial charge in [-0.2, -0.15) is 0 Å². The highest BCUT2D eigenvalue weighted by Gasteiger charge is 2.27. The van der Waals surface area contributed by atoms with Crippen LogP contribution in [-0.4, -0.2) is 30.9 Å². The van der Waals surface area contributed by atoms with E-state index in [2.05, 4.69) is 25.6 Å². The lowest BCUT2D eigenvalue weighted by Crippen LogP contribution is -2.20. The second-order valence-corrected chi connectivity index (χ2v) is 5.64. The summed E-state index contributed by atoms with van der Waals surface area (Å²) in [5.41, 5.74) is 1.16. The molecule has 1 saturated carbocycles. The summed E-state index contributed by atoms with van der Waals surface area (Å²) in [5.74, 6) is 0.434. The Kier molecular flexibility index (Phi) is 3.42. The van der Waals surface area contributed by atoms with Gasteiger partial charge in [-0.1, -0.05) is 11.3 Å². The number of aromatic nitrogens is 5. The predicted molar refractivity (Wildman–Crippen MR) is 86.1 cm³/mol. The van der Waals surface area contributed by atoms with Gasteiger partial charge in [0.1, 0.15) is 11.5 Å². The average Bonchev–Trinajstić information content (AvgIpc) is 3.29. The van der Waals surface area contributed by atoms with Gasteiger partial charge in [-0.15, -0.1) is 5.10 Å². The summed E-state index contributed by atoms with van der Waals surface area (Å²) in [6.07, 6.45) is 5.27. The van der Waals surface area contributed by atoms with Crippen LogP contribution in [0.3, 0.4) is 0 Å². The topological polar surface area (TPSA) is 106 Å². The molecule has 0 bridgehead atoms. The maximum Gasteiger partial charge on any atom is 0.274 e. The molecule has 3 aromatic rings. The van der Waals surface area contributed by atoms with Gasteiger partial charge in [0.15, 0.2) is 0 Å². The van der Waals surface area contributed by atoms with Crippen LogP contribution in [0.2, 0.25) is 0 Å². The highest BCUT2D eigenvalue weighted by atomic mass is 16.2.